The Bertz CT molecular complexity index is 808. The van der Waals surface area contributed by atoms with E-state index in [2.05, 4.69) is 37.9 Å². The number of hydrogen-bond donors (Lipinski definition) is 1. The molecule has 2 aromatic heterocycles. The van der Waals surface area contributed by atoms with Gasteiger partial charge in [-0.05, 0) is 47.2 Å². The van der Waals surface area contributed by atoms with Crippen LogP contribution in [0, 0.1) is 3.57 Å². The molecule has 4 rings (SSSR count). The van der Waals surface area contributed by atoms with Crippen LogP contribution < -0.4 is 5.73 Å². The molecule has 1 saturated heterocycles. The zero-order chi connectivity index (χ0) is 14.4. The number of anilines is 1. The number of rotatable bonds is 2. The minimum atomic E-state index is 0.281. The van der Waals surface area contributed by atoms with Crippen LogP contribution in [0.1, 0.15) is 18.2 Å². The van der Waals surface area contributed by atoms with Crippen LogP contribution in [-0.2, 0) is 4.74 Å². The van der Waals surface area contributed by atoms with Gasteiger partial charge in [-0.2, -0.15) is 9.61 Å². The molecule has 1 unspecified atom stereocenters. The summed E-state index contributed by atoms with van der Waals surface area (Å²) in [4.78, 5) is 0.796. The highest BCUT2D eigenvalue weighted by Crippen LogP contribution is 2.33. The lowest BCUT2D eigenvalue weighted by atomic mass is 10.1. The van der Waals surface area contributed by atoms with Gasteiger partial charge in [0.15, 0.2) is 5.82 Å². The fourth-order valence-electron chi connectivity index (χ4n) is 2.45. The van der Waals surface area contributed by atoms with Gasteiger partial charge >= 0.3 is 0 Å². The minimum Gasteiger partial charge on any atom is -0.398 e. The Labute approximate surface area is 138 Å². The second-order valence-electron chi connectivity index (χ2n) is 4.95. The standard InChI is InChI=1S/C13H12IN5OS/c14-8-1-2-10(15)9(5-8)12-18-19-11(7-3-4-20-6-7)16-17-13(19)21-12/h1-2,5,7H,3-4,6,15H2. The van der Waals surface area contributed by atoms with Crippen molar-refractivity contribution < 1.29 is 4.74 Å². The third-order valence-corrected chi connectivity index (χ3v) is 5.16. The number of ether oxygens (including phenoxy) is 1. The van der Waals surface area contributed by atoms with E-state index in [4.69, 9.17) is 10.5 Å². The lowest BCUT2D eigenvalue weighted by molar-refractivity contribution is 0.193. The molecular formula is C13H12IN5OS. The number of hydrogen-bond acceptors (Lipinski definition) is 6. The molecule has 0 spiro atoms. The van der Waals surface area contributed by atoms with Gasteiger partial charge in [-0.3, -0.25) is 0 Å². The lowest BCUT2D eigenvalue weighted by Crippen LogP contribution is -2.04. The Kier molecular flexibility index (Phi) is 3.31. The summed E-state index contributed by atoms with van der Waals surface area (Å²) in [6.07, 6.45) is 0.971. The highest BCUT2D eigenvalue weighted by atomic mass is 127. The Morgan fingerprint density at radius 1 is 1.38 bits per heavy atom. The van der Waals surface area contributed by atoms with Crippen LogP contribution in [0.5, 0.6) is 0 Å². The Balaban J connectivity index is 1.82. The number of fused-ring (bicyclic) bond motifs is 1. The average molecular weight is 413 g/mol. The molecule has 8 heteroatoms. The molecule has 0 bridgehead atoms. The van der Waals surface area contributed by atoms with Crippen LogP contribution in [0.25, 0.3) is 15.5 Å². The van der Waals surface area contributed by atoms with Crippen molar-refractivity contribution in [2.45, 2.75) is 12.3 Å². The topological polar surface area (TPSA) is 78.3 Å². The van der Waals surface area contributed by atoms with Gasteiger partial charge in [0.2, 0.25) is 4.96 Å². The quantitative estimate of drug-likeness (QED) is 0.516. The first kappa shape index (κ1) is 13.4. The van der Waals surface area contributed by atoms with E-state index < -0.39 is 0 Å². The van der Waals surface area contributed by atoms with Crippen molar-refractivity contribution in [3.63, 3.8) is 0 Å². The first-order valence-electron chi connectivity index (χ1n) is 6.57. The molecule has 1 fully saturated rings. The summed E-state index contributed by atoms with van der Waals surface area (Å²) in [5.74, 6) is 1.16. The third kappa shape index (κ3) is 2.30. The molecular weight excluding hydrogens is 401 g/mol. The molecule has 2 N–H and O–H groups in total. The molecule has 108 valence electrons. The van der Waals surface area contributed by atoms with Gasteiger partial charge in [-0.25, -0.2) is 0 Å². The third-order valence-electron chi connectivity index (χ3n) is 3.56. The van der Waals surface area contributed by atoms with Crippen molar-refractivity contribution in [2.24, 2.45) is 0 Å². The SMILES string of the molecule is Nc1ccc(I)cc1-c1nn2c(C3CCOC3)nnc2s1. The number of benzene rings is 1. The number of nitrogens with two attached hydrogens (primary N) is 1. The van der Waals surface area contributed by atoms with Crippen LogP contribution in [-0.4, -0.2) is 33.0 Å². The molecule has 21 heavy (non-hydrogen) atoms. The molecule has 1 aliphatic rings. The van der Waals surface area contributed by atoms with E-state index in [-0.39, 0.29) is 5.92 Å². The lowest BCUT2D eigenvalue weighted by Gasteiger charge is -2.03. The summed E-state index contributed by atoms with van der Waals surface area (Å²) in [5.41, 5.74) is 7.75. The van der Waals surface area contributed by atoms with E-state index in [1.807, 2.05) is 22.7 Å². The summed E-state index contributed by atoms with van der Waals surface area (Å²) in [5, 5.41) is 14.0. The first-order valence-corrected chi connectivity index (χ1v) is 8.47. The van der Waals surface area contributed by atoms with Crippen molar-refractivity contribution in [3.8, 4) is 10.6 Å². The van der Waals surface area contributed by atoms with Crippen molar-refractivity contribution in [3.05, 3.63) is 27.6 Å². The van der Waals surface area contributed by atoms with Gasteiger partial charge < -0.3 is 10.5 Å². The normalized spacial score (nSPS) is 18.6. The molecule has 0 radical (unpaired) electrons. The molecule has 3 heterocycles. The molecule has 1 aromatic carbocycles. The van der Waals surface area contributed by atoms with Crippen LogP contribution >= 0.6 is 33.9 Å². The molecule has 3 aromatic rings. The largest absolute Gasteiger partial charge is 0.398 e. The van der Waals surface area contributed by atoms with Crippen molar-refractivity contribution in [1.82, 2.24) is 19.8 Å². The summed E-state index contributed by atoms with van der Waals surface area (Å²) in [6, 6.07) is 5.94. The van der Waals surface area contributed by atoms with Crippen molar-refractivity contribution in [2.75, 3.05) is 18.9 Å². The molecule has 0 saturated carbocycles. The number of nitrogens with zero attached hydrogens (tertiary/aromatic N) is 4. The fourth-order valence-corrected chi connectivity index (χ4v) is 3.82. The second kappa shape index (κ2) is 5.18. The summed E-state index contributed by atoms with van der Waals surface area (Å²) in [7, 11) is 0. The highest BCUT2D eigenvalue weighted by Gasteiger charge is 2.25. The maximum atomic E-state index is 6.07. The smallest absolute Gasteiger partial charge is 0.234 e. The van der Waals surface area contributed by atoms with Gasteiger partial charge in [0.25, 0.3) is 0 Å². The number of halogens is 1. The first-order chi connectivity index (χ1) is 10.2. The van der Waals surface area contributed by atoms with Gasteiger partial charge in [0.1, 0.15) is 5.01 Å². The molecule has 0 amide bonds. The summed E-state index contributed by atoms with van der Waals surface area (Å²) < 4.78 is 8.39. The van der Waals surface area contributed by atoms with Gasteiger partial charge in [0, 0.05) is 27.3 Å². The van der Waals surface area contributed by atoms with Gasteiger partial charge in [-0.15, -0.1) is 10.2 Å². The monoisotopic (exact) mass is 413 g/mol. The van der Waals surface area contributed by atoms with E-state index in [0.29, 0.717) is 6.61 Å². The van der Waals surface area contributed by atoms with Crippen LogP contribution in [0.4, 0.5) is 5.69 Å². The van der Waals surface area contributed by atoms with E-state index in [9.17, 15) is 0 Å². The maximum Gasteiger partial charge on any atom is 0.234 e. The Hall–Kier alpha value is -1.26. The van der Waals surface area contributed by atoms with Crippen molar-refractivity contribution >= 4 is 44.6 Å². The van der Waals surface area contributed by atoms with E-state index in [1.165, 1.54) is 11.3 Å². The number of aromatic nitrogens is 4. The zero-order valence-electron chi connectivity index (χ0n) is 11.0. The van der Waals surface area contributed by atoms with Gasteiger partial charge in [-0.1, -0.05) is 11.3 Å². The molecule has 1 atom stereocenters. The summed E-state index contributed by atoms with van der Waals surface area (Å²) >= 11 is 3.78. The van der Waals surface area contributed by atoms with E-state index in [0.717, 1.165) is 43.6 Å². The van der Waals surface area contributed by atoms with Crippen LogP contribution in [0.2, 0.25) is 0 Å². The molecule has 0 aliphatic carbocycles. The van der Waals surface area contributed by atoms with E-state index >= 15 is 0 Å². The van der Waals surface area contributed by atoms with E-state index in [1.54, 1.807) is 0 Å². The zero-order valence-corrected chi connectivity index (χ0v) is 14.0. The second-order valence-corrected chi connectivity index (χ2v) is 7.15. The predicted octanol–water partition coefficient (Wildman–Crippen LogP) is 2.54. The Morgan fingerprint density at radius 2 is 2.29 bits per heavy atom. The molecule has 6 nitrogen and oxygen atoms in total. The fraction of sp³-hybridized carbons (Fsp3) is 0.308. The highest BCUT2D eigenvalue weighted by molar-refractivity contribution is 14.1. The maximum absolute atomic E-state index is 6.07. The number of nitrogen functional groups attached to an aromatic ring is 1. The van der Waals surface area contributed by atoms with Gasteiger partial charge in [0.05, 0.1) is 6.61 Å². The van der Waals surface area contributed by atoms with Crippen molar-refractivity contribution in [1.29, 1.82) is 0 Å². The minimum absolute atomic E-state index is 0.281. The molecule has 1 aliphatic heterocycles. The van der Waals surface area contributed by atoms with Crippen LogP contribution in [0.15, 0.2) is 18.2 Å². The summed E-state index contributed by atoms with van der Waals surface area (Å²) in [6.45, 7) is 1.47. The predicted molar refractivity (Wildman–Crippen MR) is 89.4 cm³/mol. The Morgan fingerprint density at radius 3 is 3.10 bits per heavy atom. The average Bonchev–Trinajstić information content (AvgIpc) is 3.15. The van der Waals surface area contributed by atoms with Crippen LogP contribution in [0.3, 0.4) is 0 Å².